The average molecular weight is 387 g/mol. The van der Waals surface area contributed by atoms with E-state index in [1.165, 1.54) is 43.4 Å². The van der Waals surface area contributed by atoms with Crippen molar-refractivity contribution in [2.45, 2.75) is 51.5 Å². The van der Waals surface area contributed by atoms with E-state index >= 15 is 0 Å². The Morgan fingerprint density at radius 2 is 1.96 bits per heavy atom. The first-order valence-corrected chi connectivity index (χ1v) is 10.2. The van der Waals surface area contributed by atoms with Gasteiger partial charge in [0.25, 0.3) is 0 Å². The Morgan fingerprint density at radius 3 is 2.63 bits per heavy atom. The first kappa shape index (κ1) is 19.5. The number of aromatic nitrogens is 1. The summed E-state index contributed by atoms with van der Waals surface area (Å²) < 4.78 is 13.6. The molecule has 0 radical (unpaired) electrons. The van der Waals surface area contributed by atoms with Crippen molar-refractivity contribution in [1.82, 2.24) is 4.57 Å². The van der Waals surface area contributed by atoms with Crippen LogP contribution in [0.4, 0.5) is 0 Å². The first-order valence-electron chi connectivity index (χ1n) is 9.42. The monoisotopic (exact) mass is 386 g/mol. The summed E-state index contributed by atoms with van der Waals surface area (Å²) in [6.07, 6.45) is 13.4. The second-order valence-electron chi connectivity index (χ2n) is 6.90. The van der Waals surface area contributed by atoms with E-state index in [9.17, 15) is 4.79 Å². The predicted molar refractivity (Wildman–Crippen MR) is 108 cm³/mol. The summed E-state index contributed by atoms with van der Waals surface area (Å²) in [5.74, 6) is 4.53. The summed E-state index contributed by atoms with van der Waals surface area (Å²) in [7, 11) is 3.20. The van der Waals surface area contributed by atoms with Crippen LogP contribution in [0.1, 0.15) is 44.9 Å². The van der Waals surface area contributed by atoms with Crippen LogP contribution in [0.5, 0.6) is 11.5 Å². The van der Waals surface area contributed by atoms with Gasteiger partial charge < -0.3 is 14.0 Å². The maximum Gasteiger partial charge on any atom is 0.248 e. The Labute approximate surface area is 164 Å². The number of carbonyl (C=O) groups is 1. The molecule has 1 amide bonds. The molecule has 27 heavy (non-hydrogen) atoms. The fourth-order valence-electron chi connectivity index (χ4n) is 3.69. The number of benzene rings is 1. The molecule has 1 fully saturated rings. The second-order valence-corrected chi connectivity index (χ2v) is 7.91. The minimum Gasteiger partial charge on any atom is -0.493 e. The molecule has 0 aliphatic heterocycles. The van der Waals surface area contributed by atoms with Crippen LogP contribution in [0.15, 0.2) is 17.1 Å². The van der Waals surface area contributed by atoms with Crippen molar-refractivity contribution in [3.8, 4) is 23.8 Å². The lowest BCUT2D eigenvalue weighted by Gasteiger charge is -2.20. The summed E-state index contributed by atoms with van der Waals surface area (Å²) in [5.41, 5.74) is 0.898. The van der Waals surface area contributed by atoms with Gasteiger partial charge in [0.15, 0.2) is 16.3 Å². The number of nitrogens with zero attached hydrogens (tertiary/aromatic N) is 2. The molecule has 1 aromatic heterocycles. The number of methoxy groups -OCH3 is 2. The zero-order valence-corrected chi connectivity index (χ0v) is 16.8. The maximum atomic E-state index is 12.5. The third-order valence-corrected chi connectivity index (χ3v) is 6.19. The SMILES string of the molecule is C#CCn1c(=NC(=O)CCC2CCCCC2)sc2cc(OC)c(OC)cc21. The molecule has 0 N–H and O–H groups in total. The van der Waals surface area contributed by atoms with Crippen LogP contribution in [0.3, 0.4) is 0 Å². The van der Waals surface area contributed by atoms with Crippen LogP contribution < -0.4 is 14.3 Å². The van der Waals surface area contributed by atoms with Gasteiger partial charge in [-0.25, -0.2) is 0 Å². The zero-order valence-electron chi connectivity index (χ0n) is 16.0. The van der Waals surface area contributed by atoms with Gasteiger partial charge in [-0.3, -0.25) is 4.79 Å². The van der Waals surface area contributed by atoms with Crippen LogP contribution in [-0.2, 0) is 11.3 Å². The molecule has 1 heterocycles. The fourth-order valence-corrected chi connectivity index (χ4v) is 4.75. The maximum absolute atomic E-state index is 12.5. The smallest absolute Gasteiger partial charge is 0.248 e. The van der Waals surface area contributed by atoms with Crippen molar-refractivity contribution in [3.05, 3.63) is 16.9 Å². The molecule has 0 bridgehead atoms. The molecule has 1 aliphatic carbocycles. The molecule has 1 saturated carbocycles. The van der Waals surface area contributed by atoms with Crippen LogP contribution in [-0.4, -0.2) is 24.7 Å². The lowest BCUT2D eigenvalue weighted by atomic mass is 9.86. The van der Waals surface area contributed by atoms with Crippen molar-refractivity contribution in [1.29, 1.82) is 0 Å². The minimum absolute atomic E-state index is 0.0724. The van der Waals surface area contributed by atoms with Gasteiger partial charge in [-0.2, -0.15) is 4.99 Å². The van der Waals surface area contributed by atoms with Gasteiger partial charge in [-0.1, -0.05) is 49.4 Å². The second kappa shape index (κ2) is 9.09. The van der Waals surface area contributed by atoms with E-state index in [0.717, 1.165) is 16.6 Å². The summed E-state index contributed by atoms with van der Waals surface area (Å²) in [4.78, 5) is 17.5. The molecule has 3 rings (SSSR count). The molecular weight excluding hydrogens is 360 g/mol. The van der Waals surface area contributed by atoms with Crippen LogP contribution in [0.2, 0.25) is 0 Å². The van der Waals surface area contributed by atoms with Gasteiger partial charge in [-0.05, 0) is 12.3 Å². The van der Waals surface area contributed by atoms with Crippen LogP contribution >= 0.6 is 11.3 Å². The molecule has 1 aromatic carbocycles. The van der Waals surface area contributed by atoms with E-state index in [0.29, 0.717) is 35.2 Å². The highest BCUT2D eigenvalue weighted by Gasteiger charge is 2.16. The number of fused-ring (bicyclic) bond motifs is 1. The van der Waals surface area contributed by atoms with Gasteiger partial charge in [0.2, 0.25) is 5.91 Å². The van der Waals surface area contributed by atoms with Gasteiger partial charge in [0, 0.05) is 18.6 Å². The number of terminal acetylenes is 1. The Hall–Kier alpha value is -2.26. The van der Waals surface area contributed by atoms with Crippen LogP contribution in [0.25, 0.3) is 10.2 Å². The van der Waals surface area contributed by atoms with Gasteiger partial charge in [-0.15, -0.1) is 6.42 Å². The van der Waals surface area contributed by atoms with Crippen molar-refractivity contribution < 1.29 is 14.3 Å². The van der Waals surface area contributed by atoms with E-state index in [1.54, 1.807) is 14.2 Å². The fraction of sp³-hybridized carbons (Fsp3) is 0.524. The van der Waals surface area contributed by atoms with Crippen molar-refractivity contribution in [3.63, 3.8) is 0 Å². The van der Waals surface area contributed by atoms with E-state index in [2.05, 4.69) is 10.9 Å². The van der Waals surface area contributed by atoms with Crippen LogP contribution in [0, 0.1) is 18.3 Å². The van der Waals surface area contributed by atoms with E-state index in [4.69, 9.17) is 15.9 Å². The van der Waals surface area contributed by atoms with E-state index < -0.39 is 0 Å². The number of carbonyl (C=O) groups excluding carboxylic acids is 1. The number of ether oxygens (including phenoxy) is 2. The number of amides is 1. The number of thiazole rings is 1. The number of rotatable bonds is 6. The lowest BCUT2D eigenvalue weighted by Crippen LogP contribution is -2.17. The number of hydrogen-bond donors (Lipinski definition) is 0. The number of hydrogen-bond acceptors (Lipinski definition) is 4. The zero-order chi connectivity index (χ0) is 19.2. The third-order valence-electron chi connectivity index (χ3n) is 5.15. The lowest BCUT2D eigenvalue weighted by molar-refractivity contribution is -0.118. The largest absolute Gasteiger partial charge is 0.493 e. The Kier molecular flexibility index (Phi) is 6.57. The molecule has 0 spiro atoms. The molecule has 1 aliphatic rings. The summed E-state index contributed by atoms with van der Waals surface area (Å²) >= 11 is 1.45. The molecule has 5 nitrogen and oxygen atoms in total. The Bertz CT molecular complexity index is 914. The summed E-state index contributed by atoms with van der Waals surface area (Å²) in [6.45, 7) is 0.351. The van der Waals surface area contributed by atoms with Gasteiger partial charge >= 0.3 is 0 Å². The molecular formula is C21H26N2O3S. The Morgan fingerprint density at radius 1 is 1.26 bits per heavy atom. The van der Waals surface area contributed by atoms with Crippen molar-refractivity contribution in [2.75, 3.05) is 14.2 Å². The third kappa shape index (κ3) is 4.54. The molecule has 0 atom stereocenters. The molecule has 0 unspecified atom stereocenters. The van der Waals surface area contributed by atoms with E-state index in [-0.39, 0.29) is 5.91 Å². The van der Waals surface area contributed by atoms with Crippen molar-refractivity contribution in [2.24, 2.45) is 10.9 Å². The first-order chi connectivity index (χ1) is 13.2. The standard InChI is InChI=1S/C21H26N2O3S/c1-4-12-23-16-13-17(25-2)18(26-3)14-19(16)27-21(23)22-20(24)11-10-15-8-6-5-7-9-15/h1,13-15H,5-12H2,2-3H3. The highest BCUT2D eigenvalue weighted by Crippen LogP contribution is 2.33. The molecule has 6 heteroatoms. The van der Waals surface area contributed by atoms with Gasteiger partial charge in [0.05, 0.1) is 31.0 Å². The van der Waals surface area contributed by atoms with E-state index in [1.807, 2.05) is 16.7 Å². The molecule has 144 valence electrons. The average Bonchev–Trinajstić information content (AvgIpc) is 3.02. The Balaban J connectivity index is 1.89. The molecule has 2 aromatic rings. The van der Waals surface area contributed by atoms with Gasteiger partial charge in [0.1, 0.15) is 0 Å². The highest BCUT2D eigenvalue weighted by atomic mass is 32.1. The topological polar surface area (TPSA) is 52.8 Å². The molecule has 0 saturated heterocycles. The minimum atomic E-state index is -0.0724. The summed E-state index contributed by atoms with van der Waals surface area (Å²) in [6, 6.07) is 3.78. The normalized spacial score (nSPS) is 15.7. The highest BCUT2D eigenvalue weighted by molar-refractivity contribution is 7.16. The quantitative estimate of drug-likeness (QED) is 0.701. The van der Waals surface area contributed by atoms with Crippen molar-refractivity contribution >= 4 is 27.5 Å². The predicted octanol–water partition coefficient (Wildman–Crippen LogP) is 4.14. The summed E-state index contributed by atoms with van der Waals surface area (Å²) in [5, 5.41) is 0.